The third kappa shape index (κ3) is 7.74. The Labute approximate surface area is 180 Å². The molecule has 1 fully saturated rings. The van der Waals surface area contributed by atoms with E-state index in [4.69, 9.17) is 15.1 Å². The number of benzene rings is 1. The molecule has 0 bridgehead atoms. The monoisotopic (exact) mass is 441 g/mol. The van der Waals surface area contributed by atoms with Gasteiger partial charge in [0.2, 0.25) is 0 Å². The van der Waals surface area contributed by atoms with E-state index in [2.05, 4.69) is 48.3 Å². The summed E-state index contributed by atoms with van der Waals surface area (Å²) in [4.78, 5) is 24.4. The van der Waals surface area contributed by atoms with Gasteiger partial charge in [-0.1, -0.05) is 11.8 Å². The number of methoxy groups -OCH3 is 1. The SMILES string of the molecule is C=C.COC1(C(NC(=O)c2ccc(C#CCCO)cc2)C(=O)NO)CSC1.NS. The van der Waals surface area contributed by atoms with Gasteiger partial charge in [0.15, 0.2) is 0 Å². The summed E-state index contributed by atoms with van der Waals surface area (Å²) in [6.07, 6.45) is 0.386. The van der Waals surface area contributed by atoms with Crippen molar-refractivity contribution in [3.63, 3.8) is 0 Å². The Bertz CT molecular complexity index is 695. The molecule has 1 aliphatic heterocycles. The summed E-state index contributed by atoms with van der Waals surface area (Å²) in [5.41, 5.74) is 1.84. The zero-order valence-corrected chi connectivity index (χ0v) is 17.9. The quantitative estimate of drug-likeness (QED) is 0.126. The van der Waals surface area contributed by atoms with Gasteiger partial charge in [0.05, 0.1) is 6.61 Å². The van der Waals surface area contributed by atoms with Crippen molar-refractivity contribution in [2.45, 2.75) is 18.1 Å². The van der Waals surface area contributed by atoms with Crippen molar-refractivity contribution in [2.75, 3.05) is 25.2 Å². The van der Waals surface area contributed by atoms with Gasteiger partial charge in [-0.05, 0) is 24.3 Å². The highest BCUT2D eigenvalue weighted by molar-refractivity contribution is 8.00. The van der Waals surface area contributed by atoms with Crippen LogP contribution in [0.4, 0.5) is 0 Å². The van der Waals surface area contributed by atoms with E-state index in [-0.39, 0.29) is 6.61 Å². The molecule has 0 aliphatic carbocycles. The number of aliphatic hydroxyl groups excluding tert-OH is 1. The molecule has 2 amide bonds. The van der Waals surface area contributed by atoms with E-state index in [1.165, 1.54) is 7.11 Å². The van der Waals surface area contributed by atoms with Crippen molar-refractivity contribution in [3.05, 3.63) is 48.6 Å². The van der Waals surface area contributed by atoms with E-state index in [1.54, 1.807) is 41.5 Å². The number of amides is 2. The Kier molecular flexibility index (Phi) is 13.9. The number of rotatable bonds is 6. The van der Waals surface area contributed by atoms with Gasteiger partial charge in [0.25, 0.3) is 11.8 Å². The number of ether oxygens (including phenoxy) is 1. The third-order valence-corrected chi connectivity index (χ3v) is 5.28. The molecule has 1 aliphatic rings. The Balaban J connectivity index is 0.00000184. The van der Waals surface area contributed by atoms with E-state index in [1.807, 2.05) is 0 Å². The number of hydrogen-bond donors (Lipinski definition) is 6. The van der Waals surface area contributed by atoms with Crippen molar-refractivity contribution >= 4 is 36.4 Å². The average Bonchev–Trinajstić information content (AvgIpc) is 2.75. The van der Waals surface area contributed by atoms with Gasteiger partial charge in [0, 0.05) is 36.2 Å². The predicted molar refractivity (Wildman–Crippen MR) is 118 cm³/mol. The fourth-order valence-electron chi connectivity index (χ4n) is 2.35. The molecule has 1 heterocycles. The van der Waals surface area contributed by atoms with Crippen LogP contribution in [0.3, 0.4) is 0 Å². The summed E-state index contributed by atoms with van der Waals surface area (Å²) in [6.45, 7) is 6.00. The zero-order valence-electron chi connectivity index (χ0n) is 16.2. The van der Waals surface area contributed by atoms with Gasteiger partial charge in [-0.2, -0.15) is 11.8 Å². The molecule has 1 saturated heterocycles. The van der Waals surface area contributed by atoms with Gasteiger partial charge < -0.3 is 15.2 Å². The molecule has 0 radical (unpaired) electrons. The summed E-state index contributed by atoms with van der Waals surface area (Å²) in [5, 5.41) is 24.5. The molecule has 1 aromatic rings. The number of carbonyl (C=O) groups excluding carboxylic acids is 2. The van der Waals surface area contributed by atoms with Gasteiger partial charge in [-0.15, -0.1) is 26.0 Å². The molecule has 6 N–H and O–H groups in total. The lowest BCUT2D eigenvalue weighted by Gasteiger charge is -2.44. The molecule has 0 spiro atoms. The number of hydrogen-bond acceptors (Lipinski definition) is 8. The lowest BCUT2D eigenvalue weighted by Crippen LogP contribution is -2.66. The van der Waals surface area contributed by atoms with Crippen LogP contribution in [-0.4, -0.2) is 59.0 Å². The second kappa shape index (κ2) is 14.9. The van der Waals surface area contributed by atoms with Crippen molar-refractivity contribution in [1.29, 1.82) is 0 Å². The molecule has 2 rings (SSSR count). The van der Waals surface area contributed by atoms with E-state index in [0.29, 0.717) is 23.5 Å². The topological polar surface area (TPSA) is 134 Å². The van der Waals surface area contributed by atoms with Crippen LogP contribution in [-0.2, 0) is 9.53 Å². The highest BCUT2D eigenvalue weighted by Crippen LogP contribution is 2.35. The molecule has 0 aromatic heterocycles. The van der Waals surface area contributed by atoms with E-state index in [0.717, 1.165) is 5.56 Å². The van der Waals surface area contributed by atoms with Crippen LogP contribution in [0.25, 0.3) is 0 Å². The molecule has 1 atom stereocenters. The standard InChI is InChI=1S/C17H20N2O5S.C2H4.H3NS/c1-24-17(10-25-11-17)14(16(22)19-23)18-15(21)13-7-5-12(6-8-13)4-2-3-9-20;2*1-2/h5-8,14,20,23H,3,9-11H2,1H3,(H,18,21)(H,19,22);1-2H2;2H,1H2. The lowest BCUT2D eigenvalue weighted by atomic mass is 9.95. The fraction of sp³-hybridized carbons (Fsp3) is 0.368. The smallest absolute Gasteiger partial charge is 0.268 e. The maximum absolute atomic E-state index is 12.4. The number of hydroxylamine groups is 1. The maximum Gasteiger partial charge on any atom is 0.268 e. The lowest BCUT2D eigenvalue weighted by molar-refractivity contribution is -0.138. The number of carbonyl (C=O) groups is 2. The number of thiol groups is 1. The van der Waals surface area contributed by atoms with Crippen LogP contribution < -0.4 is 15.9 Å². The molecule has 29 heavy (non-hydrogen) atoms. The van der Waals surface area contributed by atoms with Crippen LogP contribution >= 0.6 is 24.6 Å². The largest absolute Gasteiger partial charge is 0.395 e. The summed E-state index contributed by atoms with van der Waals surface area (Å²) in [5.74, 6) is 5.59. The van der Waals surface area contributed by atoms with Gasteiger partial charge in [-0.3, -0.25) is 19.9 Å². The van der Waals surface area contributed by atoms with E-state index < -0.39 is 23.5 Å². The highest BCUT2D eigenvalue weighted by atomic mass is 32.2. The zero-order chi connectivity index (χ0) is 22.3. The summed E-state index contributed by atoms with van der Waals surface area (Å²) in [6, 6.07) is 5.57. The van der Waals surface area contributed by atoms with E-state index >= 15 is 0 Å². The van der Waals surface area contributed by atoms with Crippen molar-refractivity contribution in [1.82, 2.24) is 10.8 Å². The molecule has 10 heteroatoms. The highest BCUT2D eigenvalue weighted by Gasteiger charge is 2.49. The Morgan fingerprint density at radius 2 is 1.93 bits per heavy atom. The van der Waals surface area contributed by atoms with Crippen LogP contribution in [0.2, 0.25) is 0 Å². The van der Waals surface area contributed by atoms with Crippen LogP contribution in [0.1, 0.15) is 22.3 Å². The summed E-state index contributed by atoms with van der Waals surface area (Å²) < 4.78 is 5.42. The Hall–Kier alpha value is -2.00. The number of thioether (sulfide) groups is 1. The fourth-order valence-corrected chi connectivity index (χ4v) is 3.52. The van der Waals surface area contributed by atoms with Crippen LogP contribution in [0.15, 0.2) is 37.4 Å². The minimum atomic E-state index is -1.000. The normalized spacial score (nSPS) is 14.1. The minimum absolute atomic E-state index is 0.00132. The first-order valence-corrected chi connectivity index (χ1v) is 10.1. The van der Waals surface area contributed by atoms with Crippen molar-refractivity contribution in [3.8, 4) is 11.8 Å². The second-order valence-corrected chi connectivity index (χ2v) is 6.48. The average molecular weight is 442 g/mol. The van der Waals surface area contributed by atoms with Crippen molar-refractivity contribution in [2.24, 2.45) is 5.14 Å². The third-order valence-electron chi connectivity index (χ3n) is 3.89. The second-order valence-electron chi connectivity index (χ2n) is 5.50. The molecule has 0 saturated carbocycles. The minimum Gasteiger partial charge on any atom is -0.395 e. The summed E-state index contributed by atoms with van der Waals surface area (Å²) in [7, 11) is 1.48. The number of nitrogens with one attached hydrogen (secondary N) is 2. The molecule has 1 aromatic carbocycles. The van der Waals surface area contributed by atoms with Gasteiger partial charge >= 0.3 is 0 Å². The van der Waals surface area contributed by atoms with Crippen LogP contribution in [0.5, 0.6) is 0 Å². The first-order chi connectivity index (χ1) is 14.1. The van der Waals surface area contributed by atoms with E-state index in [9.17, 15) is 9.59 Å². The Morgan fingerprint density at radius 3 is 2.34 bits per heavy atom. The number of nitrogens with two attached hydrogens (primary N) is 1. The van der Waals surface area contributed by atoms with Gasteiger partial charge in [-0.25, -0.2) is 5.48 Å². The van der Waals surface area contributed by atoms with Gasteiger partial charge in [0.1, 0.15) is 11.6 Å². The first-order valence-electron chi connectivity index (χ1n) is 8.39. The van der Waals surface area contributed by atoms with Crippen LogP contribution in [0, 0.1) is 11.8 Å². The molecular weight excluding hydrogens is 414 g/mol. The molecule has 8 nitrogen and oxygen atoms in total. The number of aliphatic hydroxyl groups is 1. The first kappa shape index (κ1) is 27.0. The molecule has 1 unspecified atom stereocenters. The molecular formula is C19H27N3O5S2. The predicted octanol–water partition coefficient (Wildman–Crippen LogP) is 0.748. The van der Waals surface area contributed by atoms with Crippen molar-refractivity contribution < 1.29 is 24.6 Å². The Morgan fingerprint density at radius 1 is 1.34 bits per heavy atom. The molecule has 160 valence electrons. The maximum atomic E-state index is 12.4. The summed E-state index contributed by atoms with van der Waals surface area (Å²) >= 11 is 4.62.